The lowest BCUT2D eigenvalue weighted by Gasteiger charge is -2.07. The van der Waals surface area contributed by atoms with Crippen LogP contribution in [0, 0.1) is 17.1 Å². The fourth-order valence-corrected chi connectivity index (χ4v) is 1.92. The van der Waals surface area contributed by atoms with E-state index in [2.05, 4.69) is 0 Å². The van der Waals surface area contributed by atoms with Gasteiger partial charge in [-0.15, -0.1) is 0 Å². The molecule has 1 aromatic heterocycles. The summed E-state index contributed by atoms with van der Waals surface area (Å²) < 4.78 is 24.0. The Morgan fingerprint density at radius 2 is 2.00 bits per heavy atom. The van der Waals surface area contributed by atoms with Gasteiger partial charge in [0.25, 0.3) is 0 Å². The maximum Gasteiger partial charge on any atom is 0.247 e. The van der Waals surface area contributed by atoms with Crippen LogP contribution in [0.1, 0.15) is 5.76 Å². The van der Waals surface area contributed by atoms with E-state index in [0.717, 1.165) is 6.07 Å². The average Bonchev–Trinajstić information content (AvgIpc) is 2.80. The van der Waals surface area contributed by atoms with Crippen molar-refractivity contribution in [1.82, 2.24) is 0 Å². The van der Waals surface area contributed by atoms with Gasteiger partial charge in [0, 0.05) is 6.07 Å². The summed E-state index contributed by atoms with van der Waals surface area (Å²) in [6.45, 7) is 0. The van der Waals surface area contributed by atoms with Crippen molar-refractivity contribution in [1.29, 1.82) is 5.26 Å². The summed E-state index contributed by atoms with van der Waals surface area (Å²) in [5, 5.41) is 9.76. The number of ether oxygens (including phenoxy) is 1. The number of hydrogen-bond acceptors (Lipinski definition) is 4. The fourth-order valence-electron chi connectivity index (χ4n) is 1.92. The van der Waals surface area contributed by atoms with Crippen LogP contribution in [0.4, 0.5) is 10.1 Å². The molecule has 2 aromatic carbocycles. The molecule has 0 aliphatic carbocycles. The molecule has 0 aliphatic rings. The number of benzene rings is 2. The highest BCUT2D eigenvalue weighted by Crippen LogP contribution is 2.37. The van der Waals surface area contributed by atoms with E-state index in [-0.39, 0.29) is 22.9 Å². The molecule has 0 amide bonds. The van der Waals surface area contributed by atoms with E-state index in [1.165, 1.54) is 12.1 Å². The average molecular weight is 268 g/mol. The van der Waals surface area contributed by atoms with Crippen molar-refractivity contribution in [2.75, 3.05) is 5.73 Å². The molecule has 3 aromatic rings. The predicted molar refractivity (Wildman–Crippen MR) is 71.8 cm³/mol. The summed E-state index contributed by atoms with van der Waals surface area (Å²) in [4.78, 5) is 0. The SMILES string of the molecule is N#Cc1oc2ccccc2c1Oc1ccc(F)cc1N. The standard InChI is InChI=1S/C15H9FN2O2/c16-9-5-6-13(11(18)7-9)20-15-10-3-1-2-4-12(10)19-14(15)8-17/h1-7H,18H2. The van der Waals surface area contributed by atoms with Crippen LogP contribution >= 0.6 is 0 Å². The molecule has 0 fully saturated rings. The van der Waals surface area contributed by atoms with Gasteiger partial charge in [0.15, 0.2) is 11.5 Å². The highest BCUT2D eigenvalue weighted by molar-refractivity contribution is 5.87. The summed E-state index contributed by atoms with van der Waals surface area (Å²) in [7, 11) is 0. The zero-order chi connectivity index (χ0) is 14.1. The van der Waals surface area contributed by atoms with Gasteiger partial charge in [-0.1, -0.05) is 12.1 Å². The minimum Gasteiger partial charge on any atom is -0.450 e. The molecular weight excluding hydrogens is 259 g/mol. The first kappa shape index (κ1) is 12.1. The third-order valence-electron chi connectivity index (χ3n) is 2.84. The van der Waals surface area contributed by atoms with Gasteiger partial charge in [0.1, 0.15) is 17.5 Å². The summed E-state index contributed by atoms with van der Waals surface area (Å²) in [6, 6.07) is 12.8. The Hall–Kier alpha value is -3.00. The summed E-state index contributed by atoms with van der Waals surface area (Å²) >= 11 is 0. The van der Waals surface area contributed by atoms with Crippen LogP contribution < -0.4 is 10.5 Å². The van der Waals surface area contributed by atoms with E-state index in [9.17, 15) is 4.39 Å². The molecule has 98 valence electrons. The van der Waals surface area contributed by atoms with Gasteiger partial charge < -0.3 is 14.9 Å². The predicted octanol–water partition coefficient (Wildman–Crippen LogP) is 3.82. The molecule has 4 nitrogen and oxygen atoms in total. The second-order valence-corrected chi connectivity index (χ2v) is 4.15. The molecule has 0 saturated heterocycles. The van der Waals surface area contributed by atoms with Gasteiger partial charge in [0.2, 0.25) is 5.76 Å². The second-order valence-electron chi connectivity index (χ2n) is 4.15. The normalized spacial score (nSPS) is 10.4. The van der Waals surface area contributed by atoms with Gasteiger partial charge in [-0.3, -0.25) is 0 Å². The van der Waals surface area contributed by atoms with Crippen molar-refractivity contribution in [3.63, 3.8) is 0 Å². The number of fused-ring (bicyclic) bond motifs is 1. The molecule has 2 N–H and O–H groups in total. The zero-order valence-corrected chi connectivity index (χ0v) is 10.3. The van der Waals surface area contributed by atoms with E-state index in [1.807, 2.05) is 6.07 Å². The number of nitrogens with zero attached hydrogens (tertiary/aromatic N) is 1. The topological polar surface area (TPSA) is 72.2 Å². The van der Waals surface area contributed by atoms with E-state index in [0.29, 0.717) is 11.0 Å². The Labute approximate surface area is 113 Å². The fraction of sp³-hybridized carbons (Fsp3) is 0. The number of furan rings is 1. The molecule has 20 heavy (non-hydrogen) atoms. The van der Waals surface area contributed by atoms with Crippen LogP contribution in [0.15, 0.2) is 46.9 Å². The Bertz CT molecular complexity index is 833. The third kappa shape index (κ3) is 1.93. The molecule has 0 radical (unpaired) electrons. The van der Waals surface area contributed by atoms with Gasteiger partial charge in [0.05, 0.1) is 11.1 Å². The van der Waals surface area contributed by atoms with E-state index in [1.54, 1.807) is 24.3 Å². The lowest BCUT2D eigenvalue weighted by molar-refractivity contribution is 0.467. The minimum absolute atomic E-state index is 0.0509. The maximum absolute atomic E-state index is 13.0. The molecule has 0 bridgehead atoms. The molecule has 1 heterocycles. The zero-order valence-electron chi connectivity index (χ0n) is 10.3. The monoisotopic (exact) mass is 268 g/mol. The third-order valence-corrected chi connectivity index (χ3v) is 2.84. The van der Waals surface area contributed by atoms with Gasteiger partial charge in [-0.05, 0) is 24.3 Å². The number of nitrogens with two attached hydrogens (primary N) is 1. The van der Waals surface area contributed by atoms with Crippen molar-refractivity contribution >= 4 is 16.7 Å². The molecule has 3 rings (SSSR count). The number of para-hydroxylation sites is 1. The quantitative estimate of drug-likeness (QED) is 0.717. The number of halogens is 1. The number of nitrogen functional groups attached to an aromatic ring is 1. The highest BCUT2D eigenvalue weighted by atomic mass is 19.1. The molecule has 0 aliphatic heterocycles. The molecule has 0 unspecified atom stereocenters. The molecular formula is C15H9FN2O2. The van der Waals surface area contributed by atoms with Crippen LogP contribution in [-0.2, 0) is 0 Å². The molecule has 0 atom stereocenters. The largest absolute Gasteiger partial charge is 0.450 e. The van der Waals surface area contributed by atoms with Crippen LogP contribution in [0.3, 0.4) is 0 Å². The maximum atomic E-state index is 13.0. The van der Waals surface area contributed by atoms with E-state index >= 15 is 0 Å². The molecule has 5 heteroatoms. The highest BCUT2D eigenvalue weighted by Gasteiger charge is 2.17. The van der Waals surface area contributed by atoms with Crippen molar-refractivity contribution in [3.8, 4) is 17.6 Å². The van der Waals surface area contributed by atoms with Crippen molar-refractivity contribution in [3.05, 3.63) is 54.0 Å². The van der Waals surface area contributed by atoms with Crippen LogP contribution in [-0.4, -0.2) is 0 Å². The van der Waals surface area contributed by atoms with Crippen molar-refractivity contribution < 1.29 is 13.5 Å². The number of nitriles is 1. The summed E-state index contributed by atoms with van der Waals surface area (Å²) in [5.41, 5.74) is 6.39. The second kappa shape index (κ2) is 4.59. The molecule has 0 spiro atoms. The van der Waals surface area contributed by atoms with Gasteiger partial charge in [-0.2, -0.15) is 5.26 Å². The van der Waals surface area contributed by atoms with Gasteiger partial charge >= 0.3 is 0 Å². The summed E-state index contributed by atoms with van der Waals surface area (Å²) in [6.07, 6.45) is 0. The lowest BCUT2D eigenvalue weighted by atomic mass is 10.2. The smallest absolute Gasteiger partial charge is 0.247 e. The first-order valence-corrected chi connectivity index (χ1v) is 5.83. The van der Waals surface area contributed by atoms with Crippen molar-refractivity contribution in [2.45, 2.75) is 0 Å². The summed E-state index contributed by atoms with van der Waals surface area (Å²) in [5.74, 6) is 0.151. The first-order chi connectivity index (χ1) is 9.69. The number of rotatable bonds is 2. The van der Waals surface area contributed by atoms with Crippen LogP contribution in [0.25, 0.3) is 11.0 Å². The van der Waals surface area contributed by atoms with E-state index < -0.39 is 5.82 Å². The minimum atomic E-state index is -0.451. The van der Waals surface area contributed by atoms with Gasteiger partial charge in [-0.25, -0.2) is 4.39 Å². The molecule has 0 saturated carbocycles. The lowest BCUT2D eigenvalue weighted by Crippen LogP contribution is -1.93. The number of anilines is 1. The Balaban J connectivity index is 2.12. The Kier molecular flexibility index (Phi) is 2.77. The number of hydrogen-bond donors (Lipinski definition) is 1. The first-order valence-electron chi connectivity index (χ1n) is 5.83. The van der Waals surface area contributed by atoms with Crippen LogP contribution in [0.5, 0.6) is 11.5 Å². The Morgan fingerprint density at radius 1 is 1.20 bits per heavy atom. The van der Waals surface area contributed by atoms with Crippen molar-refractivity contribution in [2.24, 2.45) is 0 Å². The van der Waals surface area contributed by atoms with E-state index in [4.69, 9.17) is 20.1 Å². The van der Waals surface area contributed by atoms with Crippen LogP contribution in [0.2, 0.25) is 0 Å². The Morgan fingerprint density at radius 3 is 2.75 bits per heavy atom.